The van der Waals surface area contributed by atoms with Crippen LogP contribution < -0.4 is 9.57 Å². The van der Waals surface area contributed by atoms with E-state index in [1.165, 1.54) is 30.5 Å². The van der Waals surface area contributed by atoms with Crippen LogP contribution in [0.25, 0.3) is 0 Å². The average Bonchev–Trinajstić information content (AvgIpc) is 2.73. The van der Waals surface area contributed by atoms with Gasteiger partial charge in [0.25, 0.3) is 10.0 Å². The molecule has 0 saturated heterocycles. The van der Waals surface area contributed by atoms with Crippen LogP contribution in [0.15, 0.2) is 81.9 Å². The molecule has 0 spiro atoms. The summed E-state index contributed by atoms with van der Waals surface area (Å²) < 4.78 is 29.9. The van der Waals surface area contributed by atoms with E-state index in [9.17, 15) is 8.42 Å². The Bertz CT molecular complexity index is 1090. The lowest BCUT2D eigenvalue weighted by atomic mass is 10.1. The number of nitrogens with zero attached hydrogens (tertiary/aromatic N) is 2. The van der Waals surface area contributed by atoms with Gasteiger partial charge in [-0.25, -0.2) is 9.82 Å². The van der Waals surface area contributed by atoms with Crippen LogP contribution in [0.4, 0.5) is 0 Å². The number of benzene rings is 2. The molecule has 3 aromatic rings. The van der Waals surface area contributed by atoms with E-state index < -0.39 is 10.0 Å². The Labute approximate surface area is 179 Å². The third kappa shape index (κ3) is 5.96. The predicted molar refractivity (Wildman–Crippen MR) is 116 cm³/mol. The molecule has 0 radical (unpaired) electrons. The number of halogens is 1. The summed E-state index contributed by atoms with van der Waals surface area (Å²) in [6, 6.07) is 17.1. The summed E-state index contributed by atoms with van der Waals surface area (Å²) in [7, 11) is -2.15. The number of nitrogens with one attached hydrogen (secondary N) is 1. The molecule has 0 atom stereocenters. The van der Waals surface area contributed by atoms with E-state index in [4.69, 9.17) is 16.3 Å². The second kappa shape index (κ2) is 9.78. The van der Waals surface area contributed by atoms with Crippen molar-refractivity contribution in [3.63, 3.8) is 0 Å². The van der Waals surface area contributed by atoms with Gasteiger partial charge in [0.05, 0.1) is 23.2 Å². The van der Waals surface area contributed by atoms with Crippen molar-refractivity contribution in [1.29, 1.82) is 0 Å². The number of rotatable bonds is 8. The Morgan fingerprint density at radius 2 is 1.97 bits per heavy atom. The molecule has 2 aromatic carbocycles. The molecular weight excluding hydrogens is 430 g/mol. The fourth-order valence-corrected chi connectivity index (χ4v) is 4.17. The van der Waals surface area contributed by atoms with Crippen molar-refractivity contribution in [2.75, 3.05) is 7.11 Å². The van der Waals surface area contributed by atoms with Gasteiger partial charge < -0.3 is 4.74 Å². The Hall–Kier alpha value is -2.55. The minimum absolute atomic E-state index is 0.0845. The maximum Gasteiger partial charge on any atom is 0.276 e. The Kier molecular flexibility index (Phi) is 7.13. The van der Waals surface area contributed by atoms with Crippen molar-refractivity contribution < 1.29 is 13.2 Å². The van der Waals surface area contributed by atoms with Gasteiger partial charge in [0.1, 0.15) is 5.75 Å². The van der Waals surface area contributed by atoms with E-state index in [-0.39, 0.29) is 4.90 Å². The number of aromatic nitrogens is 1. The predicted octanol–water partition coefficient (Wildman–Crippen LogP) is 4.35. The standard InChI is InChI=1S/C20H18ClN3O3S2/c1-27-19-10-5-15(12-16(19)14-28-20-4-2-3-11-22-20)13-23-24-29(25,26)18-8-6-17(21)7-9-18/h2-13,24H,14H2,1H3/b23-13-. The van der Waals surface area contributed by atoms with Gasteiger partial charge in [-0.15, -0.1) is 11.8 Å². The van der Waals surface area contributed by atoms with Crippen molar-refractivity contribution in [1.82, 2.24) is 9.82 Å². The number of pyridine rings is 1. The fourth-order valence-electron chi connectivity index (χ4n) is 2.41. The van der Waals surface area contributed by atoms with Crippen molar-refractivity contribution in [2.45, 2.75) is 15.7 Å². The number of hydrazone groups is 1. The third-order valence-electron chi connectivity index (χ3n) is 3.83. The molecule has 9 heteroatoms. The van der Waals surface area contributed by atoms with Gasteiger partial charge in [-0.1, -0.05) is 17.7 Å². The zero-order valence-corrected chi connectivity index (χ0v) is 17.8. The molecule has 0 bridgehead atoms. The summed E-state index contributed by atoms with van der Waals surface area (Å²) in [4.78, 5) is 6.58. The third-order valence-corrected chi connectivity index (χ3v) is 6.31. The number of ether oxygens (including phenoxy) is 1. The zero-order chi connectivity index (χ0) is 20.7. The van der Waals surface area contributed by atoms with E-state index in [2.05, 4.69) is 14.9 Å². The second-order valence-corrected chi connectivity index (χ2v) is 8.93. The lowest BCUT2D eigenvalue weighted by Gasteiger charge is -2.09. The van der Waals surface area contributed by atoms with Crippen molar-refractivity contribution >= 4 is 39.6 Å². The van der Waals surface area contributed by atoms with E-state index in [1.807, 2.05) is 30.3 Å². The first kappa shape index (κ1) is 21.2. The van der Waals surface area contributed by atoms with Crippen molar-refractivity contribution in [2.24, 2.45) is 5.10 Å². The molecule has 29 heavy (non-hydrogen) atoms. The van der Waals surface area contributed by atoms with Crippen LogP contribution in [0.3, 0.4) is 0 Å². The molecule has 1 aromatic heterocycles. The lowest BCUT2D eigenvalue weighted by molar-refractivity contribution is 0.411. The van der Waals surface area contributed by atoms with E-state index in [1.54, 1.807) is 31.1 Å². The second-order valence-electron chi connectivity index (χ2n) is 5.83. The summed E-state index contributed by atoms with van der Waals surface area (Å²) in [5.41, 5.74) is 1.69. The van der Waals surface area contributed by atoms with Crippen LogP contribution in [0.1, 0.15) is 11.1 Å². The number of sulfonamides is 1. The fraction of sp³-hybridized carbons (Fsp3) is 0.100. The first-order valence-electron chi connectivity index (χ1n) is 8.49. The van der Waals surface area contributed by atoms with Crippen LogP contribution in [0.2, 0.25) is 5.02 Å². The summed E-state index contributed by atoms with van der Waals surface area (Å²) in [6.07, 6.45) is 3.19. The van der Waals surface area contributed by atoms with Gasteiger partial charge in [-0.2, -0.15) is 13.5 Å². The SMILES string of the molecule is COc1ccc(/C=N\NS(=O)(=O)c2ccc(Cl)cc2)cc1CSc1ccccn1. The first-order chi connectivity index (χ1) is 14.0. The zero-order valence-electron chi connectivity index (χ0n) is 15.4. The monoisotopic (exact) mass is 447 g/mol. The number of thioether (sulfide) groups is 1. The van der Waals surface area contributed by atoms with Crippen LogP contribution in [-0.2, 0) is 15.8 Å². The molecule has 6 nitrogen and oxygen atoms in total. The molecule has 1 heterocycles. The summed E-state index contributed by atoms with van der Waals surface area (Å²) in [6.45, 7) is 0. The van der Waals surface area contributed by atoms with Crippen molar-refractivity contribution in [3.05, 3.63) is 83.0 Å². The van der Waals surface area contributed by atoms with Crippen LogP contribution in [0, 0.1) is 0 Å². The van der Waals surface area contributed by atoms with Gasteiger partial charge in [-0.3, -0.25) is 0 Å². The molecule has 0 fully saturated rings. The molecule has 0 aliphatic heterocycles. The minimum atomic E-state index is -3.76. The molecule has 0 saturated carbocycles. The van der Waals surface area contributed by atoms with Gasteiger partial charge in [0.2, 0.25) is 0 Å². The summed E-state index contributed by atoms with van der Waals surface area (Å²) in [5.74, 6) is 1.39. The average molecular weight is 448 g/mol. The highest BCUT2D eigenvalue weighted by atomic mass is 35.5. The van der Waals surface area contributed by atoms with Crippen LogP contribution in [-0.4, -0.2) is 26.7 Å². The normalized spacial score (nSPS) is 11.5. The van der Waals surface area contributed by atoms with Gasteiger partial charge in [0.15, 0.2) is 0 Å². The van der Waals surface area contributed by atoms with E-state index in [0.717, 1.165) is 21.9 Å². The first-order valence-corrected chi connectivity index (χ1v) is 11.3. The number of hydrogen-bond acceptors (Lipinski definition) is 6. The Morgan fingerprint density at radius 3 is 2.66 bits per heavy atom. The summed E-state index contributed by atoms with van der Waals surface area (Å²) >= 11 is 7.37. The Morgan fingerprint density at radius 1 is 1.17 bits per heavy atom. The summed E-state index contributed by atoms with van der Waals surface area (Å²) in [5, 5.41) is 5.24. The molecular formula is C20H18ClN3O3S2. The molecule has 0 aliphatic rings. The van der Waals surface area contributed by atoms with Gasteiger partial charge >= 0.3 is 0 Å². The van der Waals surface area contributed by atoms with E-state index in [0.29, 0.717) is 10.8 Å². The Balaban J connectivity index is 1.71. The minimum Gasteiger partial charge on any atom is -0.496 e. The topological polar surface area (TPSA) is 80.6 Å². The van der Waals surface area contributed by atoms with Crippen molar-refractivity contribution in [3.8, 4) is 5.75 Å². The molecule has 3 rings (SSSR count). The van der Waals surface area contributed by atoms with E-state index >= 15 is 0 Å². The molecule has 0 amide bonds. The molecule has 150 valence electrons. The highest BCUT2D eigenvalue weighted by molar-refractivity contribution is 7.98. The smallest absolute Gasteiger partial charge is 0.276 e. The number of methoxy groups -OCH3 is 1. The highest BCUT2D eigenvalue weighted by Gasteiger charge is 2.12. The molecule has 0 aliphatic carbocycles. The lowest BCUT2D eigenvalue weighted by Crippen LogP contribution is -2.18. The van der Waals surface area contributed by atoms with Crippen LogP contribution in [0.5, 0.6) is 5.75 Å². The van der Waals surface area contributed by atoms with Gasteiger partial charge in [-0.05, 0) is 60.2 Å². The highest BCUT2D eigenvalue weighted by Crippen LogP contribution is 2.27. The number of hydrogen-bond donors (Lipinski definition) is 1. The quantitative estimate of drug-likeness (QED) is 0.315. The molecule has 0 unspecified atom stereocenters. The largest absolute Gasteiger partial charge is 0.496 e. The maximum atomic E-state index is 12.3. The maximum absolute atomic E-state index is 12.3. The molecule has 1 N–H and O–H groups in total. The van der Waals surface area contributed by atoms with Gasteiger partial charge in [0, 0.05) is 22.5 Å². The van der Waals surface area contributed by atoms with Crippen LogP contribution >= 0.6 is 23.4 Å².